The summed E-state index contributed by atoms with van der Waals surface area (Å²) >= 11 is 13.3. The zero-order valence-electron chi connectivity index (χ0n) is 11.2. The summed E-state index contributed by atoms with van der Waals surface area (Å²) < 4.78 is 1.79. The SMILES string of the molecule is CC(Sc1nnnn1C1CC1)C(=O)c1ccc(Cl)cc1Cl. The topological polar surface area (TPSA) is 60.7 Å². The van der Waals surface area contributed by atoms with E-state index in [0.717, 1.165) is 12.8 Å². The van der Waals surface area contributed by atoms with Crippen molar-refractivity contribution >= 4 is 40.7 Å². The van der Waals surface area contributed by atoms with Crippen LogP contribution >= 0.6 is 35.0 Å². The third-order valence-corrected chi connectivity index (χ3v) is 4.80. The van der Waals surface area contributed by atoms with Crippen LogP contribution in [0.1, 0.15) is 36.2 Å². The van der Waals surface area contributed by atoms with Crippen molar-refractivity contribution < 1.29 is 4.79 Å². The van der Waals surface area contributed by atoms with Crippen LogP contribution in [0.3, 0.4) is 0 Å². The molecule has 1 aliphatic rings. The normalized spacial score (nSPS) is 16.0. The predicted octanol–water partition coefficient (Wildman–Crippen LogP) is 3.68. The minimum Gasteiger partial charge on any atom is -0.293 e. The maximum Gasteiger partial charge on any atom is 0.210 e. The summed E-state index contributed by atoms with van der Waals surface area (Å²) in [4.78, 5) is 12.5. The Morgan fingerprint density at radius 3 is 2.86 bits per heavy atom. The van der Waals surface area contributed by atoms with E-state index in [1.54, 1.807) is 22.9 Å². The number of nitrogens with zero attached hydrogens (tertiary/aromatic N) is 4. The predicted molar refractivity (Wildman–Crippen MR) is 82.2 cm³/mol. The smallest absolute Gasteiger partial charge is 0.210 e. The summed E-state index contributed by atoms with van der Waals surface area (Å²) in [5.41, 5.74) is 0.464. The van der Waals surface area contributed by atoms with Crippen LogP contribution in [0.15, 0.2) is 23.4 Å². The minimum absolute atomic E-state index is 0.0630. The van der Waals surface area contributed by atoms with E-state index in [2.05, 4.69) is 15.5 Å². The van der Waals surface area contributed by atoms with Crippen LogP contribution in [-0.2, 0) is 0 Å². The van der Waals surface area contributed by atoms with Gasteiger partial charge in [0.25, 0.3) is 0 Å². The molecule has 21 heavy (non-hydrogen) atoms. The molecule has 0 aliphatic heterocycles. The van der Waals surface area contributed by atoms with Gasteiger partial charge in [0, 0.05) is 10.6 Å². The molecule has 1 saturated carbocycles. The number of rotatable bonds is 5. The number of hydrogen-bond donors (Lipinski definition) is 0. The van der Waals surface area contributed by atoms with Gasteiger partial charge in [-0.25, -0.2) is 4.68 Å². The number of tetrazole rings is 1. The Bertz CT molecular complexity index is 687. The lowest BCUT2D eigenvalue weighted by Crippen LogP contribution is -2.15. The van der Waals surface area contributed by atoms with Gasteiger partial charge in [-0.1, -0.05) is 35.0 Å². The number of ketones is 1. The van der Waals surface area contributed by atoms with Crippen molar-refractivity contribution in [1.82, 2.24) is 20.2 Å². The first-order valence-electron chi connectivity index (χ1n) is 6.50. The van der Waals surface area contributed by atoms with Crippen LogP contribution in [-0.4, -0.2) is 31.2 Å². The molecule has 1 aromatic carbocycles. The van der Waals surface area contributed by atoms with Gasteiger partial charge < -0.3 is 0 Å². The number of aromatic nitrogens is 4. The molecule has 2 aromatic rings. The summed E-state index contributed by atoms with van der Waals surface area (Å²) in [6, 6.07) is 5.26. The number of thioether (sulfide) groups is 1. The largest absolute Gasteiger partial charge is 0.293 e. The third-order valence-electron chi connectivity index (χ3n) is 3.20. The fourth-order valence-corrected chi connectivity index (χ4v) is 3.36. The molecule has 0 saturated heterocycles. The zero-order valence-corrected chi connectivity index (χ0v) is 13.5. The van der Waals surface area contributed by atoms with Gasteiger partial charge >= 0.3 is 0 Å². The monoisotopic (exact) mass is 342 g/mol. The molecule has 1 fully saturated rings. The molecular weight excluding hydrogens is 331 g/mol. The molecule has 3 rings (SSSR count). The maximum absolute atomic E-state index is 12.5. The Hall–Kier alpha value is -1.11. The standard InChI is InChI=1S/C13H12Cl2N4OS/c1-7(12(20)10-5-2-8(14)6-11(10)15)21-13-16-17-18-19(13)9-3-4-9/h2,5-7,9H,3-4H2,1H3. The molecule has 110 valence electrons. The lowest BCUT2D eigenvalue weighted by molar-refractivity contribution is 0.0994. The Morgan fingerprint density at radius 1 is 1.43 bits per heavy atom. The molecule has 1 atom stereocenters. The summed E-state index contributed by atoms with van der Waals surface area (Å²) in [6.45, 7) is 1.82. The van der Waals surface area contributed by atoms with Crippen molar-refractivity contribution in [3.63, 3.8) is 0 Å². The molecule has 0 amide bonds. The highest BCUT2D eigenvalue weighted by Gasteiger charge is 2.29. The van der Waals surface area contributed by atoms with Crippen LogP contribution in [0.5, 0.6) is 0 Å². The van der Waals surface area contributed by atoms with Gasteiger partial charge in [0.05, 0.1) is 16.3 Å². The van der Waals surface area contributed by atoms with Crippen molar-refractivity contribution in [3.05, 3.63) is 33.8 Å². The van der Waals surface area contributed by atoms with Crippen LogP contribution in [0, 0.1) is 0 Å². The second-order valence-electron chi connectivity index (χ2n) is 4.89. The summed E-state index contributed by atoms with van der Waals surface area (Å²) in [5.74, 6) is -0.0630. The van der Waals surface area contributed by atoms with E-state index < -0.39 is 0 Å². The highest BCUT2D eigenvalue weighted by Crippen LogP contribution is 2.37. The molecular formula is C13H12Cl2N4OS. The Labute approximate surface area is 136 Å². The van der Waals surface area contributed by atoms with E-state index in [9.17, 15) is 4.79 Å². The molecule has 0 N–H and O–H groups in total. The molecule has 1 aromatic heterocycles. The van der Waals surface area contributed by atoms with Crippen LogP contribution in [0.2, 0.25) is 10.0 Å². The average molecular weight is 343 g/mol. The Kier molecular flexibility index (Phi) is 4.19. The fourth-order valence-electron chi connectivity index (χ4n) is 1.93. The van der Waals surface area contributed by atoms with E-state index in [0.29, 0.717) is 26.8 Å². The zero-order chi connectivity index (χ0) is 15.0. The number of carbonyl (C=O) groups is 1. The van der Waals surface area contributed by atoms with Gasteiger partial charge in [-0.2, -0.15) is 0 Å². The Morgan fingerprint density at radius 2 is 2.19 bits per heavy atom. The molecule has 1 aliphatic carbocycles. The molecule has 5 nitrogen and oxygen atoms in total. The summed E-state index contributed by atoms with van der Waals surface area (Å²) in [5, 5.41) is 12.9. The first-order valence-corrected chi connectivity index (χ1v) is 8.13. The second kappa shape index (κ2) is 5.94. The van der Waals surface area contributed by atoms with Crippen molar-refractivity contribution in [2.45, 2.75) is 36.2 Å². The van der Waals surface area contributed by atoms with Gasteiger partial charge in [0.1, 0.15) is 0 Å². The summed E-state index contributed by atoms with van der Waals surface area (Å²) in [6.07, 6.45) is 2.17. The van der Waals surface area contributed by atoms with Crippen LogP contribution < -0.4 is 0 Å². The molecule has 0 spiro atoms. The molecule has 0 bridgehead atoms. The lowest BCUT2D eigenvalue weighted by Gasteiger charge is -2.11. The number of Topliss-reactive ketones (excluding diaryl/α,β-unsaturated/α-hetero) is 1. The van der Waals surface area contributed by atoms with Crippen molar-refractivity contribution in [3.8, 4) is 0 Å². The van der Waals surface area contributed by atoms with Crippen molar-refractivity contribution in [1.29, 1.82) is 0 Å². The quantitative estimate of drug-likeness (QED) is 0.612. The average Bonchev–Trinajstić information content (AvgIpc) is 3.18. The fraction of sp³-hybridized carbons (Fsp3) is 0.385. The van der Waals surface area contributed by atoms with Crippen LogP contribution in [0.4, 0.5) is 0 Å². The first-order chi connectivity index (χ1) is 10.1. The number of benzene rings is 1. The number of halogens is 2. The van der Waals surface area contributed by atoms with Crippen molar-refractivity contribution in [2.75, 3.05) is 0 Å². The second-order valence-corrected chi connectivity index (χ2v) is 7.04. The van der Waals surface area contributed by atoms with Gasteiger partial charge in [0.2, 0.25) is 5.16 Å². The highest BCUT2D eigenvalue weighted by atomic mass is 35.5. The van der Waals surface area contributed by atoms with E-state index >= 15 is 0 Å². The van der Waals surface area contributed by atoms with E-state index in [-0.39, 0.29) is 11.0 Å². The summed E-state index contributed by atoms with van der Waals surface area (Å²) in [7, 11) is 0. The van der Waals surface area contributed by atoms with Gasteiger partial charge in [-0.3, -0.25) is 4.79 Å². The lowest BCUT2D eigenvalue weighted by atomic mass is 10.1. The van der Waals surface area contributed by atoms with Gasteiger partial charge in [-0.05, 0) is 48.4 Å². The molecule has 8 heteroatoms. The van der Waals surface area contributed by atoms with Gasteiger partial charge in [-0.15, -0.1) is 5.10 Å². The molecule has 1 heterocycles. The number of hydrogen-bond acceptors (Lipinski definition) is 5. The van der Waals surface area contributed by atoms with E-state index in [1.165, 1.54) is 11.8 Å². The molecule has 0 radical (unpaired) electrons. The number of carbonyl (C=O) groups excluding carboxylic acids is 1. The first kappa shape index (κ1) is 14.8. The maximum atomic E-state index is 12.5. The van der Waals surface area contributed by atoms with Crippen LogP contribution in [0.25, 0.3) is 0 Å². The van der Waals surface area contributed by atoms with Gasteiger partial charge in [0.15, 0.2) is 5.78 Å². The third kappa shape index (κ3) is 3.22. The van der Waals surface area contributed by atoms with E-state index in [1.807, 2.05) is 6.92 Å². The van der Waals surface area contributed by atoms with E-state index in [4.69, 9.17) is 23.2 Å². The highest BCUT2D eigenvalue weighted by molar-refractivity contribution is 8.00. The minimum atomic E-state index is -0.327. The van der Waals surface area contributed by atoms with Crippen molar-refractivity contribution in [2.24, 2.45) is 0 Å². The molecule has 1 unspecified atom stereocenters. The Balaban J connectivity index is 1.76.